The van der Waals surface area contributed by atoms with Crippen LogP contribution in [-0.4, -0.2) is 11.8 Å². The largest absolute Gasteiger partial charge is 0.206 e. The normalized spacial score (nSPS) is 8.43. The van der Waals surface area contributed by atoms with Crippen molar-refractivity contribution in [2.45, 2.75) is 26.3 Å². The fraction of sp³-hybridized carbons (Fsp3) is 1.00. The second kappa shape index (κ2) is 5.01. The first-order valence-electron chi connectivity index (χ1n) is 2.73. The Morgan fingerprint density at radius 3 is 2.43 bits per heavy atom. The maximum Gasteiger partial charge on any atom is 0.206 e. The lowest BCUT2D eigenvalue weighted by molar-refractivity contribution is 1.44. The van der Waals surface area contributed by atoms with Crippen molar-refractivity contribution in [2.75, 3.05) is 0 Å². The predicted octanol–water partition coefficient (Wildman–Crippen LogP) is 2.14. The molecular formula is C4H10B2I. The molecular weight excluding hydrogens is 197 g/mol. The molecule has 0 aliphatic heterocycles. The Bertz CT molecular complexity index is 38.7. The van der Waals surface area contributed by atoms with Crippen molar-refractivity contribution in [1.82, 2.24) is 0 Å². The van der Waals surface area contributed by atoms with Crippen LogP contribution in [0, 0.1) is 0 Å². The topological polar surface area (TPSA) is 0 Å². The summed E-state index contributed by atoms with van der Waals surface area (Å²) in [5.74, 6) is 0. The molecule has 0 atom stereocenters. The highest BCUT2D eigenvalue weighted by Crippen LogP contribution is 1.99. The van der Waals surface area contributed by atoms with Gasteiger partial charge in [-0.05, 0) is 0 Å². The fourth-order valence-electron chi connectivity index (χ4n) is 0.396. The van der Waals surface area contributed by atoms with Crippen LogP contribution in [0.3, 0.4) is 0 Å². The van der Waals surface area contributed by atoms with Gasteiger partial charge in [-0.1, -0.05) is 26.3 Å². The summed E-state index contributed by atoms with van der Waals surface area (Å²) in [5, 5.41) is 0. The molecule has 0 saturated heterocycles. The van der Waals surface area contributed by atoms with E-state index in [2.05, 4.69) is 43.4 Å². The summed E-state index contributed by atoms with van der Waals surface area (Å²) in [6.45, 7) is 4.41. The molecule has 3 heteroatoms. The third-order valence-electron chi connectivity index (χ3n) is 0.780. The lowest BCUT2D eigenvalue weighted by atomic mass is 9.55. The Labute approximate surface area is 60.6 Å². The molecule has 0 bridgehead atoms. The molecule has 0 nitrogen and oxygen atoms in total. The highest BCUT2D eigenvalue weighted by atomic mass is 127. The highest BCUT2D eigenvalue weighted by Gasteiger charge is 1.97. The Balaban J connectivity index is 2.68. The minimum absolute atomic E-state index is 0.817. The summed E-state index contributed by atoms with van der Waals surface area (Å²) in [4.78, 5) is 0. The molecule has 0 aromatic rings. The SMILES string of the molecule is CC[B]CB(C)I. The van der Waals surface area contributed by atoms with Crippen molar-refractivity contribution in [1.29, 1.82) is 0 Å². The van der Waals surface area contributed by atoms with Gasteiger partial charge in [-0.25, -0.2) is 0 Å². The van der Waals surface area contributed by atoms with Gasteiger partial charge < -0.3 is 0 Å². The van der Waals surface area contributed by atoms with Gasteiger partial charge in [0.1, 0.15) is 7.28 Å². The zero-order valence-electron chi connectivity index (χ0n) is 4.95. The molecule has 0 spiro atoms. The molecule has 0 aliphatic carbocycles. The van der Waals surface area contributed by atoms with Crippen LogP contribution < -0.4 is 0 Å². The van der Waals surface area contributed by atoms with E-state index in [0.29, 0.717) is 0 Å². The number of halogens is 1. The van der Waals surface area contributed by atoms with Gasteiger partial charge in [0.15, 0.2) is 0 Å². The average Bonchev–Trinajstić information content (AvgIpc) is 1.61. The van der Waals surface area contributed by atoms with Crippen LogP contribution in [-0.2, 0) is 0 Å². The second-order valence-electron chi connectivity index (χ2n) is 1.71. The summed E-state index contributed by atoms with van der Waals surface area (Å²) >= 11 is 2.43. The van der Waals surface area contributed by atoms with Gasteiger partial charge in [0.2, 0.25) is 4.57 Å². The lowest BCUT2D eigenvalue weighted by Crippen LogP contribution is -1.99. The maximum atomic E-state index is 2.43. The molecule has 0 amide bonds. The molecule has 0 aromatic carbocycles. The van der Waals surface area contributed by atoms with Crippen molar-refractivity contribution in [2.24, 2.45) is 0 Å². The molecule has 39 valence electrons. The monoisotopic (exact) mass is 207 g/mol. The van der Waals surface area contributed by atoms with Crippen molar-refractivity contribution in [3.63, 3.8) is 0 Å². The summed E-state index contributed by atoms with van der Waals surface area (Å²) in [5.41, 5.74) is 0. The van der Waals surface area contributed by atoms with Gasteiger partial charge >= 0.3 is 0 Å². The summed E-state index contributed by atoms with van der Waals surface area (Å²) in [7, 11) is 2.32. The number of hydrogen-bond donors (Lipinski definition) is 0. The van der Waals surface area contributed by atoms with Crippen LogP contribution in [0.2, 0.25) is 19.4 Å². The summed E-state index contributed by atoms with van der Waals surface area (Å²) in [6.07, 6.45) is 2.48. The standard InChI is InChI=1S/C4H10B2I/c1-3-5-4-6(2)7/h3-4H2,1-2H3. The van der Waals surface area contributed by atoms with Crippen molar-refractivity contribution >= 4 is 34.2 Å². The van der Waals surface area contributed by atoms with E-state index in [-0.39, 0.29) is 0 Å². The minimum atomic E-state index is 0.817. The van der Waals surface area contributed by atoms with Gasteiger partial charge in [0.05, 0.1) is 0 Å². The van der Waals surface area contributed by atoms with E-state index in [9.17, 15) is 0 Å². The van der Waals surface area contributed by atoms with Crippen LogP contribution in [0.25, 0.3) is 0 Å². The van der Waals surface area contributed by atoms with Gasteiger partial charge in [0.25, 0.3) is 0 Å². The van der Waals surface area contributed by atoms with E-state index in [1.807, 2.05) is 0 Å². The van der Waals surface area contributed by atoms with Crippen LogP contribution >= 0.6 is 22.4 Å². The summed E-state index contributed by atoms with van der Waals surface area (Å²) in [6, 6.07) is 0. The van der Waals surface area contributed by atoms with E-state index in [1.165, 1.54) is 12.5 Å². The molecule has 7 heavy (non-hydrogen) atoms. The Morgan fingerprint density at radius 1 is 1.71 bits per heavy atom. The van der Waals surface area contributed by atoms with Crippen molar-refractivity contribution < 1.29 is 0 Å². The van der Waals surface area contributed by atoms with E-state index in [1.54, 1.807) is 0 Å². The first-order chi connectivity index (χ1) is 3.27. The first kappa shape index (κ1) is 7.86. The fourth-order valence-corrected chi connectivity index (χ4v) is 0.756. The first-order valence-corrected chi connectivity index (χ1v) is 3.97. The lowest BCUT2D eigenvalue weighted by Gasteiger charge is -1.91. The van der Waals surface area contributed by atoms with Gasteiger partial charge in [0, 0.05) is 0 Å². The minimum Gasteiger partial charge on any atom is -0.151 e. The van der Waals surface area contributed by atoms with Crippen molar-refractivity contribution in [3.8, 4) is 0 Å². The van der Waals surface area contributed by atoms with Crippen LogP contribution in [0.1, 0.15) is 6.92 Å². The van der Waals surface area contributed by atoms with Gasteiger partial charge in [-0.3, -0.25) is 0 Å². The number of hydrogen-bond acceptors (Lipinski definition) is 0. The molecule has 0 unspecified atom stereocenters. The van der Waals surface area contributed by atoms with E-state index >= 15 is 0 Å². The Kier molecular flexibility index (Phi) is 5.62. The van der Waals surface area contributed by atoms with Crippen LogP contribution in [0.4, 0.5) is 0 Å². The molecule has 0 rings (SSSR count). The molecule has 1 radical (unpaired) electrons. The van der Waals surface area contributed by atoms with Crippen LogP contribution in [0.15, 0.2) is 0 Å². The Hall–Kier alpha value is 0.860. The van der Waals surface area contributed by atoms with Gasteiger partial charge in [-0.2, -0.15) is 22.4 Å². The van der Waals surface area contributed by atoms with E-state index in [0.717, 1.165) is 4.57 Å². The van der Waals surface area contributed by atoms with Gasteiger partial charge in [-0.15, -0.1) is 0 Å². The quantitative estimate of drug-likeness (QED) is 0.490. The molecule has 0 N–H and O–H groups in total. The van der Waals surface area contributed by atoms with E-state index < -0.39 is 0 Å². The molecule has 0 aromatic heterocycles. The third-order valence-corrected chi connectivity index (χ3v) is 1.29. The smallest absolute Gasteiger partial charge is 0.151 e. The van der Waals surface area contributed by atoms with E-state index in [4.69, 9.17) is 0 Å². The van der Waals surface area contributed by atoms with Crippen molar-refractivity contribution in [3.05, 3.63) is 0 Å². The van der Waals surface area contributed by atoms with Crippen LogP contribution in [0.5, 0.6) is 0 Å². The zero-order valence-corrected chi connectivity index (χ0v) is 7.10. The molecule has 0 saturated carbocycles. The molecule has 0 aliphatic rings. The maximum absolute atomic E-state index is 2.43. The number of rotatable bonds is 3. The Morgan fingerprint density at radius 2 is 2.29 bits per heavy atom. The molecule has 0 heterocycles. The predicted molar refractivity (Wildman–Crippen MR) is 46.7 cm³/mol. The highest BCUT2D eigenvalue weighted by molar-refractivity contribution is 14.1. The average molecular weight is 207 g/mol. The molecule has 0 fully saturated rings. The second-order valence-corrected chi connectivity index (χ2v) is 3.84. The summed E-state index contributed by atoms with van der Waals surface area (Å²) < 4.78 is 0.817. The zero-order chi connectivity index (χ0) is 5.70. The third kappa shape index (κ3) is 6.86.